The molecular weight excluding hydrogens is 254 g/mol. The number of anilines is 2. The Hall–Kier alpha value is -1.75. The van der Waals surface area contributed by atoms with Crippen LogP contribution in [0.15, 0.2) is 18.2 Å². The smallest absolute Gasteiger partial charge is 0.238 e. The lowest BCUT2D eigenvalue weighted by Crippen LogP contribution is -2.35. The Bertz CT molecular complexity index is 490. The lowest BCUT2D eigenvalue weighted by Gasteiger charge is -2.20. The van der Waals surface area contributed by atoms with Crippen molar-refractivity contribution in [2.45, 2.75) is 26.3 Å². The standard InChI is InChI=1S/C15H23N3O2/c1-10-6-11(2)18(8-10)9-15(19)17-14-5-4-12(20-3)7-13(14)16/h4-5,7,10-11H,6,8-9,16H2,1-3H3,(H,17,19). The number of likely N-dealkylation sites (tertiary alicyclic amines) is 1. The topological polar surface area (TPSA) is 67.6 Å². The molecule has 20 heavy (non-hydrogen) atoms. The van der Waals surface area contributed by atoms with E-state index in [1.54, 1.807) is 25.3 Å². The van der Waals surface area contributed by atoms with Gasteiger partial charge in [0.25, 0.3) is 0 Å². The molecule has 2 unspecified atom stereocenters. The number of amides is 1. The predicted octanol–water partition coefficient (Wildman–Crippen LogP) is 1.95. The van der Waals surface area contributed by atoms with Crippen LogP contribution in [0.4, 0.5) is 11.4 Å². The minimum atomic E-state index is -0.0252. The Morgan fingerprint density at radius 1 is 1.50 bits per heavy atom. The molecule has 5 heteroatoms. The van der Waals surface area contributed by atoms with Gasteiger partial charge in [0.15, 0.2) is 0 Å². The summed E-state index contributed by atoms with van der Waals surface area (Å²) in [6.45, 7) is 5.78. The van der Waals surface area contributed by atoms with E-state index < -0.39 is 0 Å². The van der Waals surface area contributed by atoms with E-state index in [-0.39, 0.29) is 5.91 Å². The number of nitrogens with zero attached hydrogens (tertiary/aromatic N) is 1. The van der Waals surface area contributed by atoms with E-state index in [4.69, 9.17) is 10.5 Å². The Morgan fingerprint density at radius 2 is 2.25 bits per heavy atom. The van der Waals surface area contributed by atoms with E-state index in [2.05, 4.69) is 24.1 Å². The number of methoxy groups -OCH3 is 1. The molecule has 1 heterocycles. The quantitative estimate of drug-likeness (QED) is 0.825. The first-order chi connectivity index (χ1) is 9.49. The summed E-state index contributed by atoms with van der Waals surface area (Å²) in [5.74, 6) is 1.31. The molecule has 1 amide bonds. The molecule has 110 valence electrons. The highest BCUT2D eigenvalue weighted by Crippen LogP contribution is 2.25. The molecule has 0 spiro atoms. The highest BCUT2D eigenvalue weighted by atomic mass is 16.5. The number of benzene rings is 1. The van der Waals surface area contributed by atoms with Crippen LogP contribution >= 0.6 is 0 Å². The van der Waals surface area contributed by atoms with Crippen LogP contribution in [0.5, 0.6) is 5.75 Å². The summed E-state index contributed by atoms with van der Waals surface area (Å²) in [4.78, 5) is 14.3. The number of ether oxygens (including phenoxy) is 1. The number of nitrogens with one attached hydrogen (secondary N) is 1. The Labute approximate surface area is 120 Å². The number of rotatable bonds is 4. The summed E-state index contributed by atoms with van der Waals surface area (Å²) in [6.07, 6.45) is 1.15. The van der Waals surface area contributed by atoms with Crippen molar-refractivity contribution in [3.05, 3.63) is 18.2 Å². The van der Waals surface area contributed by atoms with Gasteiger partial charge in [-0.1, -0.05) is 6.92 Å². The van der Waals surface area contributed by atoms with Gasteiger partial charge in [-0.05, 0) is 31.4 Å². The average Bonchev–Trinajstić information content (AvgIpc) is 2.70. The molecule has 0 radical (unpaired) electrons. The van der Waals surface area contributed by atoms with Gasteiger partial charge in [0.2, 0.25) is 5.91 Å². The van der Waals surface area contributed by atoms with Crippen molar-refractivity contribution >= 4 is 17.3 Å². The third-order valence-electron chi connectivity index (χ3n) is 3.79. The Balaban J connectivity index is 1.94. The van der Waals surface area contributed by atoms with Crippen molar-refractivity contribution in [1.82, 2.24) is 4.90 Å². The van der Waals surface area contributed by atoms with Crippen LogP contribution in [0, 0.1) is 5.92 Å². The maximum atomic E-state index is 12.1. The second-order valence-corrected chi connectivity index (χ2v) is 5.62. The summed E-state index contributed by atoms with van der Waals surface area (Å²) in [7, 11) is 1.59. The summed E-state index contributed by atoms with van der Waals surface area (Å²) < 4.78 is 5.09. The van der Waals surface area contributed by atoms with E-state index in [1.807, 2.05) is 0 Å². The third kappa shape index (κ3) is 3.42. The van der Waals surface area contributed by atoms with Crippen molar-refractivity contribution in [3.8, 4) is 5.75 Å². The minimum Gasteiger partial charge on any atom is -0.497 e. The van der Waals surface area contributed by atoms with E-state index in [0.29, 0.717) is 35.6 Å². The number of carbonyl (C=O) groups excluding carboxylic acids is 1. The van der Waals surface area contributed by atoms with Crippen LogP contribution in [0.3, 0.4) is 0 Å². The van der Waals surface area contributed by atoms with Crippen LogP contribution in [-0.4, -0.2) is 37.0 Å². The molecule has 1 aromatic rings. The van der Waals surface area contributed by atoms with Gasteiger partial charge in [0.1, 0.15) is 5.75 Å². The molecule has 3 N–H and O–H groups in total. The molecule has 2 rings (SSSR count). The van der Waals surface area contributed by atoms with Gasteiger partial charge in [-0.15, -0.1) is 0 Å². The van der Waals surface area contributed by atoms with E-state index in [9.17, 15) is 4.79 Å². The lowest BCUT2D eigenvalue weighted by atomic mass is 10.1. The van der Waals surface area contributed by atoms with Gasteiger partial charge in [-0.2, -0.15) is 0 Å². The van der Waals surface area contributed by atoms with E-state index >= 15 is 0 Å². The van der Waals surface area contributed by atoms with Crippen molar-refractivity contribution in [1.29, 1.82) is 0 Å². The van der Waals surface area contributed by atoms with Gasteiger partial charge < -0.3 is 15.8 Å². The second kappa shape index (κ2) is 6.13. The van der Waals surface area contributed by atoms with E-state index in [0.717, 1.165) is 13.0 Å². The molecule has 0 bridgehead atoms. The summed E-state index contributed by atoms with van der Waals surface area (Å²) >= 11 is 0. The molecule has 1 saturated heterocycles. The summed E-state index contributed by atoms with van der Waals surface area (Å²) in [6, 6.07) is 5.72. The van der Waals surface area contributed by atoms with Crippen LogP contribution in [0.2, 0.25) is 0 Å². The molecule has 1 aliphatic rings. The molecule has 1 aliphatic heterocycles. The van der Waals surface area contributed by atoms with Gasteiger partial charge in [0, 0.05) is 18.7 Å². The zero-order valence-electron chi connectivity index (χ0n) is 12.3. The molecule has 5 nitrogen and oxygen atoms in total. The van der Waals surface area contributed by atoms with Gasteiger partial charge in [0.05, 0.1) is 25.0 Å². The molecular formula is C15H23N3O2. The highest BCUT2D eigenvalue weighted by molar-refractivity contribution is 5.95. The van der Waals surface area contributed by atoms with Crippen molar-refractivity contribution < 1.29 is 9.53 Å². The zero-order chi connectivity index (χ0) is 14.7. The zero-order valence-corrected chi connectivity index (χ0v) is 12.3. The summed E-state index contributed by atoms with van der Waals surface area (Å²) in [5.41, 5.74) is 7.04. The van der Waals surface area contributed by atoms with Crippen LogP contribution in [-0.2, 0) is 4.79 Å². The summed E-state index contributed by atoms with van der Waals surface area (Å²) in [5, 5.41) is 2.86. The largest absolute Gasteiger partial charge is 0.497 e. The fraction of sp³-hybridized carbons (Fsp3) is 0.533. The Morgan fingerprint density at radius 3 is 2.80 bits per heavy atom. The predicted molar refractivity (Wildman–Crippen MR) is 80.9 cm³/mol. The maximum Gasteiger partial charge on any atom is 0.238 e. The number of nitrogens with two attached hydrogens (primary N) is 1. The number of hydrogen-bond acceptors (Lipinski definition) is 4. The third-order valence-corrected chi connectivity index (χ3v) is 3.79. The molecule has 2 atom stereocenters. The molecule has 0 aromatic heterocycles. The average molecular weight is 277 g/mol. The van der Waals surface area contributed by atoms with Crippen molar-refractivity contribution in [3.63, 3.8) is 0 Å². The SMILES string of the molecule is COc1ccc(NC(=O)CN2CC(C)CC2C)c(N)c1. The van der Waals surface area contributed by atoms with Gasteiger partial charge >= 0.3 is 0 Å². The fourth-order valence-electron chi connectivity index (χ4n) is 2.76. The van der Waals surface area contributed by atoms with Crippen LogP contribution < -0.4 is 15.8 Å². The molecule has 1 fully saturated rings. The fourth-order valence-corrected chi connectivity index (χ4v) is 2.76. The second-order valence-electron chi connectivity index (χ2n) is 5.62. The van der Waals surface area contributed by atoms with Crippen molar-refractivity contribution in [2.24, 2.45) is 5.92 Å². The maximum absolute atomic E-state index is 12.1. The number of hydrogen-bond donors (Lipinski definition) is 2. The first kappa shape index (κ1) is 14.7. The first-order valence-electron chi connectivity index (χ1n) is 6.97. The van der Waals surface area contributed by atoms with Crippen molar-refractivity contribution in [2.75, 3.05) is 31.2 Å². The molecule has 0 aliphatic carbocycles. The normalized spacial score (nSPS) is 22.8. The van der Waals surface area contributed by atoms with Gasteiger partial charge in [-0.25, -0.2) is 0 Å². The minimum absolute atomic E-state index is 0.0252. The Kier molecular flexibility index (Phi) is 4.49. The van der Waals surface area contributed by atoms with Crippen LogP contribution in [0.1, 0.15) is 20.3 Å². The monoisotopic (exact) mass is 277 g/mol. The van der Waals surface area contributed by atoms with Gasteiger partial charge in [-0.3, -0.25) is 9.69 Å². The highest BCUT2D eigenvalue weighted by Gasteiger charge is 2.27. The number of carbonyl (C=O) groups is 1. The van der Waals surface area contributed by atoms with E-state index in [1.165, 1.54) is 0 Å². The number of nitrogen functional groups attached to an aromatic ring is 1. The lowest BCUT2D eigenvalue weighted by molar-refractivity contribution is -0.117. The molecule has 0 saturated carbocycles. The first-order valence-corrected chi connectivity index (χ1v) is 6.97. The molecule has 1 aromatic carbocycles. The van der Waals surface area contributed by atoms with Crippen LogP contribution in [0.25, 0.3) is 0 Å².